The van der Waals surface area contributed by atoms with Gasteiger partial charge in [-0.1, -0.05) is 12.1 Å². The van der Waals surface area contributed by atoms with Crippen LogP contribution in [-0.2, 0) is 4.79 Å². The molecule has 0 spiro atoms. The molecular weight excluding hydrogens is 216 g/mol. The lowest BCUT2D eigenvalue weighted by Gasteiger charge is -2.23. The number of hydrogen-bond acceptors (Lipinski definition) is 3. The highest BCUT2D eigenvalue weighted by Gasteiger charge is 2.18. The van der Waals surface area contributed by atoms with E-state index in [1.807, 2.05) is 23.1 Å². The van der Waals surface area contributed by atoms with Gasteiger partial charge in [0, 0.05) is 24.3 Å². The predicted octanol–water partition coefficient (Wildman–Crippen LogP) is 1.22. The zero-order chi connectivity index (χ0) is 12.3. The Kier molecular flexibility index (Phi) is 3.42. The van der Waals surface area contributed by atoms with Gasteiger partial charge in [0.2, 0.25) is 5.91 Å². The van der Waals surface area contributed by atoms with Gasteiger partial charge in [-0.25, -0.2) is 0 Å². The number of hydrogen-bond donors (Lipinski definition) is 1. The number of carbonyl (C=O) groups excluding carboxylic acids is 2. The molecule has 0 saturated carbocycles. The van der Waals surface area contributed by atoms with Gasteiger partial charge in [0.05, 0.1) is 6.54 Å². The molecule has 17 heavy (non-hydrogen) atoms. The molecule has 1 amide bonds. The van der Waals surface area contributed by atoms with Crippen LogP contribution in [0.4, 0.5) is 5.69 Å². The number of nitrogens with zero attached hydrogens (tertiary/aromatic N) is 1. The van der Waals surface area contributed by atoms with Crippen LogP contribution in [0.5, 0.6) is 0 Å². The summed E-state index contributed by atoms with van der Waals surface area (Å²) in [6, 6.07) is 7.44. The summed E-state index contributed by atoms with van der Waals surface area (Å²) in [4.78, 5) is 25.0. The highest BCUT2D eigenvalue weighted by atomic mass is 16.2. The van der Waals surface area contributed by atoms with E-state index in [0.29, 0.717) is 18.7 Å². The maximum atomic E-state index is 11.5. The molecule has 1 aromatic rings. The standard InChI is InChI=1S/C13H16N2O2/c1-10(16)11-5-2-3-6-12(11)15-8-4-7-14-13(17)9-15/h2-3,5-6H,4,7-9H2,1H3,(H,14,17). The summed E-state index contributed by atoms with van der Waals surface area (Å²) in [7, 11) is 0. The number of nitrogens with one attached hydrogen (secondary N) is 1. The molecule has 1 N–H and O–H groups in total. The molecule has 2 rings (SSSR count). The number of ketones is 1. The second-order valence-corrected chi connectivity index (χ2v) is 4.20. The molecule has 4 nitrogen and oxygen atoms in total. The molecular formula is C13H16N2O2. The third-order valence-electron chi connectivity index (χ3n) is 2.89. The minimum Gasteiger partial charge on any atom is -0.362 e. The molecule has 90 valence electrons. The van der Waals surface area contributed by atoms with Gasteiger partial charge in [0.1, 0.15) is 0 Å². The fraction of sp³-hybridized carbons (Fsp3) is 0.385. The van der Waals surface area contributed by atoms with Crippen molar-refractivity contribution in [1.29, 1.82) is 0 Å². The number of amides is 1. The van der Waals surface area contributed by atoms with Crippen LogP contribution in [0.25, 0.3) is 0 Å². The van der Waals surface area contributed by atoms with E-state index in [1.165, 1.54) is 0 Å². The minimum absolute atomic E-state index is 0.0147. The minimum atomic E-state index is 0.0147. The Morgan fingerprint density at radius 2 is 2.12 bits per heavy atom. The summed E-state index contributed by atoms with van der Waals surface area (Å²) in [5.74, 6) is 0.0473. The highest BCUT2D eigenvalue weighted by Crippen LogP contribution is 2.21. The lowest BCUT2D eigenvalue weighted by atomic mass is 10.1. The summed E-state index contributed by atoms with van der Waals surface area (Å²) in [5.41, 5.74) is 1.54. The van der Waals surface area contributed by atoms with Crippen LogP contribution >= 0.6 is 0 Å². The van der Waals surface area contributed by atoms with Crippen molar-refractivity contribution in [2.75, 3.05) is 24.5 Å². The largest absolute Gasteiger partial charge is 0.362 e. The van der Waals surface area contributed by atoms with Gasteiger partial charge in [-0.05, 0) is 25.5 Å². The van der Waals surface area contributed by atoms with Crippen LogP contribution in [0.3, 0.4) is 0 Å². The number of rotatable bonds is 2. The Balaban J connectivity index is 2.31. The number of Topliss-reactive ketones (excluding diaryl/α,β-unsaturated/α-hetero) is 1. The molecule has 0 radical (unpaired) electrons. The van der Waals surface area contributed by atoms with Crippen LogP contribution in [0.15, 0.2) is 24.3 Å². The first-order valence-electron chi connectivity index (χ1n) is 5.80. The molecule has 1 saturated heterocycles. The quantitative estimate of drug-likeness (QED) is 0.780. The molecule has 0 unspecified atom stereocenters. The average Bonchev–Trinajstić information content (AvgIpc) is 2.54. The topological polar surface area (TPSA) is 49.4 Å². The average molecular weight is 232 g/mol. The molecule has 1 aliphatic rings. The highest BCUT2D eigenvalue weighted by molar-refractivity contribution is 6.00. The van der Waals surface area contributed by atoms with Gasteiger partial charge in [-0.2, -0.15) is 0 Å². The Morgan fingerprint density at radius 1 is 1.35 bits per heavy atom. The number of benzene rings is 1. The Hall–Kier alpha value is -1.84. The zero-order valence-corrected chi connectivity index (χ0v) is 9.90. The summed E-state index contributed by atoms with van der Waals surface area (Å²) >= 11 is 0. The second kappa shape index (κ2) is 4.99. The van der Waals surface area contributed by atoms with E-state index in [-0.39, 0.29) is 11.7 Å². The molecule has 1 fully saturated rings. The van der Waals surface area contributed by atoms with Crippen molar-refractivity contribution < 1.29 is 9.59 Å². The maximum absolute atomic E-state index is 11.5. The lowest BCUT2D eigenvalue weighted by molar-refractivity contribution is -0.119. The summed E-state index contributed by atoms with van der Waals surface area (Å²) in [5, 5.41) is 2.83. The SMILES string of the molecule is CC(=O)c1ccccc1N1CCCNC(=O)C1. The number of para-hydroxylation sites is 1. The smallest absolute Gasteiger partial charge is 0.239 e. The van der Waals surface area contributed by atoms with Crippen molar-refractivity contribution in [1.82, 2.24) is 5.32 Å². The van der Waals surface area contributed by atoms with Crippen LogP contribution < -0.4 is 10.2 Å². The maximum Gasteiger partial charge on any atom is 0.239 e. The third kappa shape index (κ3) is 2.64. The first-order valence-corrected chi connectivity index (χ1v) is 5.80. The van der Waals surface area contributed by atoms with Crippen molar-refractivity contribution in [3.63, 3.8) is 0 Å². The van der Waals surface area contributed by atoms with Crippen LogP contribution in [-0.4, -0.2) is 31.3 Å². The Labute approximate surface area is 101 Å². The van der Waals surface area contributed by atoms with Crippen molar-refractivity contribution in [2.45, 2.75) is 13.3 Å². The fourth-order valence-corrected chi connectivity index (χ4v) is 2.06. The van der Waals surface area contributed by atoms with Crippen LogP contribution in [0.1, 0.15) is 23.7 Å². The summed E-state index contributed by atoms with van der Waals surface area (Å²) < 4.78 is 0. The van der Waals surface area contributed by atoms with Gasteiger partial charge < -0.3 is 10.2 Å². The van der Waals surface area contributed by atoms with E-state index in [9.17, 15) is 9.59 Å². The van der Waals surface area contributed by atoms with Gasteiger partial charge in [0.15, 0.2) is 5.78 Å². The molecule has 0 bridgehead atoms. The normalized spacial score (nSPS) is 16.3. The summed E-state index contributed by atoms with van der Waals surface area (Å²) in [6.07, 6.45) is 0.901. The van der Waals surface area contributed by atoms with Crippen molar-refractivity contribution in [3.8, 4) is 0 Å². The van der Waals surface area contributed by atoms with E-state index in [0.717, 1.165) is 18.7 Å². The monoisotopic (exact) mass is 232 g/mol. The lowest BCUT2D eigenvalue weighted by Crippen LogP contribution is -2.33. The third-order valence-corrected chi connectivity index (χ3v) is 2.89. The van der Waals surface area contributed by atoms with E-state index < -0.39 is 0 Å². The fourth-order valence-electron chi connectivity index (χ4n) is 2.06. The van der Waals surface area contributed by atoms with Gasteiger partial charge in [-0.15, -0.1) is 0 Å². The van der Waals surface area contributed by atoms with Gasteiger partial charge in [-0.3, -0.25) is 9.59 Å². The Bertz CT molecular complexity index is 443. The summed E-state index contributed by atoms with van der Waals surface area (Å²) in [6.45, 7) is 3.38. The zero-order valence-electron chi connectivity index (χ0n) is 9.90. The molecule has 1 aromatic carbocycles. The molecule has 1 aliphatic heterocycles. The number of anilines is 1. The second-order valence-electron chi connectivity index (χ2n) is 4.20. The van der Waals surface area contributed by atoms with E-state index >= 15 is 0 Å². The van der Waals surface area contributed by atoms with Crippen molar-refractivity contribution in [2.24, 2.45) is 0 Å². The van der Waals surface area contributed by atoms with Crippen LogP contribution in [0, 0.1) is 0 Å². The molecule has 4 heteroatoms. The van der Waals surface area contributed by atoms with E-state index in [2.05, 4.69) is 5.32 Å². The van der Waals surface area contributed by atoms with E-state index in [1.54, 1.807) is 13.0 Å². The van der Waals surface area contributed by atoms with Crippen LogP contribution in [0.2, 0.25) is 0 Å². The molecule has 0 aromatic heterocycles. The van der Waals surface area contributed by atoms with Crippen molar-refractivity contribution >= 4 is 17.4 Å². The number of carbonyl (C=O) groups is 2. The first-order chi connectivity index (χ1) is 8.18. The van der Waals surface area contributed by atoms with Gasteiger partial charge >= 0.3 is 0 Å². The van der Waals surface area contributed by atoms with Gasteiger partial charge in [0.25, 0.3) is 0 Å². The Morgan fingerprint density at radius 3 is 2.88 bits per heavy atom. The molecule has 0 atom stereocenters. The predicted molar refractivity (Wildman–Crippen MR) is 66.3 cm³/mol. The van der Waals surface area contributed by atoms with Crippen molar-refractivity contribution in [3.05, 3.63) is 29.8 Å². The molecule has 0 aliphatic carbocycles. The molecule has 1 heterocycles. The van der Waals surface area contributed by atoms with E-state index in [4.69, 9.17) is 0 Å². The first kappa shape index (κ1) is 11.6.